The molecule has 0 aliphatic carbocycles. The minimum absolute atomic E-state index is 0.0205. The van der Waals surface area contributed by atoms with Gasteiger partial charge in [-0.2, -0.15) is 13.2 Å². The molecule has 1 aromatic carbocycles. The number of hydrogen-bond donors (Lipinski definition) is 0. The van der Waals surface area contributed by atoms with Crippen molar-refractivity contribution in [3.05, 3.63) is 33.8 Å². The molecule has 3 nitrogen and oxygen atoms in total. The quantitative estimate of drug-likeness (QED) is 0.799. The van der Waals surface area contributed by atoms with E-state index in [0.29, 0.717) is 13.0 Å². The fraction of sp³-hybridized carbons (Fsp3) is 0.500. The number of hydrogen-bond acceptors (Lipinski definition) is 2. The summed E-state index contributed by atoms with van der Waals surface area (Å²) in [6.45, 7) is 2.40. The molecular formula is C14H15BrF3NO2. The van der Waals surface area contributed by atoms with E-state index in [-0.39, 0.29) is 22.2 Å². The van der Waals surface area contributed by atoms with E-state index in [1.54, 1.807) is 7.05 Å². The van der Waals surface area contributed by atoms with Crippen molar-refractivity contribution in [2.45, 2.75) is 31.7 Å². The van der Waals surface area contributed by atoms with Crippen LogP contribution in [-0.4, -0.2) is 36.6 Å². The first-order valence-electron chi connectivity index (χ1n) is 6.47. The second kappa shape index (κ2) is 5.96. The second-order valence-corrected chi connectivity index (χ2v) is 5.89. The van der Waals surface area contributed by atoms with Crippen LogP contribution in [0.5, 0.6) is 0 Å². The molecule has 1 aliphatic rings. The molecule has 0 aromatic heterocycles. The standard InChI is InChI=1S/C14H15BrF3NO2/c1-8-12(5-6-21-8)19(2)13(20)9-3-4-11(15)10(7-9)14(16,17)18/h3-4,7-8,12H,5-6H2,1-2H3. The van der Waals surface area contributed by atoms with Crippen LogP contribution in [0.25, 0.3) is 0 Å². The number of halogens is 4. The van der Waals surface area contributed by atoms with E-state index in [1.165, 1.54) is 17.0 Å². The van der Waals surface area contributed by atoms with E-state index in [4.69, 9.17) is 4.74 Å². The molecule has 0 bridgehead atoms. The monoisotopic (exact) mass is 365 g/mol. The van der Waals surface area contributed by atoms with Crippen LogP contribution in [0.2, 0.25) is 0 Å². The molecule has 1 fully saturated rings. The number of carbonyl (C=O) groups excluding carboxylic acids is 1. The van der Waals surface area contributed by atoms with Gasteiger partial charge in [0.05, 0.1) is 17.7 Å². The maximum atomic E-state index is 12.9. The minimum Gasteiger partial charge on any atom is -0.376 e. The predicted octanol–water partition coefficient (Wildman–Crippen LogP) is 3.72. The Morgan fingerprint density at radius 1 is 1.43 bits per heavy atom. The summed E-state index contributed by atoms with van der Waals surface area (Å²) >= 11 is 2.86. The van der Waals surface area contributed by atoms with Gasteiger partial charge in [0, 0.05) is 23.7 Å². The maximum absolute atomic E-state index is 12.9. The number of benzene rings is 1. The average molecular weight is 366 g/mol. The van der Waals surface area contributed by atoms with Crippen molar-refractivity contribution in [2.75, 3.05) is 13.7 Å². The summed E-state index contributed by atoms with van der Waals surface area (Å²) in [5.74, 6) is -0.435. The molecule has 2 rings (SSSR count). The Hall–Kier alpha value is -1.08. The lowest BCUT2D eigenvalue weighted by atomic mass is 10.1. The molecule has 2 atom stereocenters. The lowest BCUT2D eigenvalue weighted by Gasteiger charge is -2.27. The highest BCUT2D eigenvalue weighted by Crippen LogP contribution is 2.35. The molecular weight excluding hydrogens is 351 g/mol. The Morgan fingerprint density at radius 2 is 2.10 bits per heavy atom. The third-order valence-corrected chi connectivity index (χ3v) is 4.36. The fourth-order valence-corrected chi connectivity index (χ4v) is 2.93. The zero-order valence-electron chi connectivity index (χ0n) is 11.6. The summed E-state index contributed by atoms with van der Waals surface area (Å²) in [5.41, 5.74) is -0.829. The summed E-state index contributed by atoms with van der Waals surface area (Å²) in [7, 11) is 1.59. The molecule has 1 aromatic rings. The minimum atomic E-state index is -4.50. The molecule has 21 heavy (non-hydrogen) atoms. The van der Waals surface area contributed by atoms with E-state index < -0.39 is 17.6 Å². The smallest absolute Gasteiger partial charge is 0.376 e. The second-order valence-electron chi connectivity index (χ2n) is 5.04. The molecule has 0 N–H and O–H groups in total. The zero-order chi connectivity index (χ0) is 15.8. The van der Waals surface area contributed by atoms with Gasteiger partial charge >= 0.3 is 6.18 Å². The fourth-order valence-electron chi connectivity index (χ4n) is 2.46. The van der Waals surface area contributed by atoms with E-state index in [9.17, 15) is 18.0 Å². The van der Waals surface area contributed by atoms with Crippen LogP contribution in [0.3, 0.4) is 0 Å². The van der Waals surface area contributed by atoms with E-state index >= 15 is 0 Å². The Morgan fingerprint density at radius 3 is 2.62 bits per heavy atom. The van der Waals surface area contributed by atoms with Crippen LogP contribution in [0.15, 0.2) is 22.7 Å². The molecule has 2 unspecified atom stereocenters. The van der Waals surface area contributed by atoms with Crippen molar-refractivity contribution in [3.63, 3.8) is 0 Å². The first kappa shape index (κ1) is 16.3. The van der Waals surface area contributed by atoms with Crippen molar-refractivity contribution in [3.8, 4) is 0 Å². The number of nitrogens with zero attached hydrogens (tertiary/aromatic N) is 1. The molecule has 0 spiro atoms. The van der Waals surface area contributed by atoms with Crippen molar-refractivity contribution >= 4 is 21.8 Å². The number of ether oxygens (including phenoxy) is 1. The van der Waals surface area contributed by atoms with Gasteiger partial charge in [-0.25, -0.2) is 0 Å². The van der Waals surface area contributed by atoms with Gasteiger partial charge in [0.15, 0.2) is 0 Å². The van der Waals surface area contributed by atoms with Crippen molar-refractivity contribution in [1.82, 2.24) is 4.90 Å². The number of carbonyl (C=O) groups is 1. The van der Waals surface area contributed by atoms with E-state index in [2.05, 4.69) is 15.9 Å². The molecule has 1 aliphatic heterocycles. The van der Waals surface area contributed by atoms with Crippen LogP contribution in [-0.2, 0) is 10.9 Å². The predicted molar refractivity (Wildman–Crippen MR) is 75.1 cm³/mol. The third-order valence-electron chi connectivity index (χ3n) is 3.67. The number of rotatable bonds is 2. The van der Waals surface area contributed by atoms with Gasteiger partial charge in [-0.15, -0.1) is 0 Å². The summed E-state index contributed by atoms with van der Waals surface area (Å²) < 4.78 is 44.0. The zero-order valence-corrected chi connectivity index (χ0v) is 13.2. The normalized spacial score (nSPS) is 22.4. The van der Waals surface area contributed by atoms with Gasteiger partial charge in [0.1, 0.15) is 0 Å². The van der Waals surface area contributed by atoms with Crippen molar-refractivity contribution in [2.24, 2.45) is 0 Å². The molecule has 7 heteroatoms. The van der Waals surface area contributed by atoms with E-state index in [1.807, 2.05) is 6.92 Å². The largest absolute Gasteiger partial charge is 0.417 e. The summed E-state index contributed by atoms with van der Waals surface area (Å²) in [6.07, 6.45) is -3.93. The lowest BCUT2D eigenvalue weighted by Crippen LogP contribution is -2.41. The van der Waals surface area contributed by atoms with Gasteiger partial charge in [-0.1, -0.05) is 15.9 Å². The molecule has 1 heterocycles. The molecule has 116 valence electrons. The number of amides is 1. The Kier molecular flexibility index (Phi) is 4.63. The van der Waals surface area contributed by atoms with Gasteiger partial charge in [-0.05, 0) is 31.5 Å². The Balaban J connectivity index is 2.27. The van der Waals surface area contributed by atoms with Crippen molar-refractivity contribution < 1.29 is 22.7 Å². The van der Waals surface area contributed by atoms with E-state index in [0.717, 1.165) is 6.07 Å². The summed E-state index contributed by atoms with van der Waals surface area (Å²) in [6, 6.07) is 3.40. The van der Waals surface area contributed by atoms with Gasteiger partial charge in [0.2, 0.25) is 0 Å². The highest BCUT2D eigenvalue weighted by molar-refractivity contribution is 9.10. The van der Waals surface area contributed by atoms with Crippen LogP contribution < -0.4 is 0 Å². The van der Waals surface area contributed by atoms with Crippen LogP contribution in [0, 0.1) is 0 Å². The highest BCUT2D eigenvalue weighted by Gasteiger charge is 2.35. The SMILES string of the molecule is CC1OCCC1N(C)C(=O)c1ccc(Br)c(C(F)(F)F)c1. The summed E-state index contributed by atoms with van der Waals surface area (Å²) in [4.78, 5) is 13.8. The number of likely N-dealkylation sites (N-methyl/N-ethyl adjacent to an activating group) is 1. The van der Waals surface area contributed by atoms with Crippen molar-refractivity contribution in [1.29, 1.82) is 0 Å². The van der Waals surface area contributed by atoms with Crippen LogP contribution in [0.4, 0.5) is 13.2 Å². The van der Waals surface area contributed by atoms with Gasteiger partial charge in [0.25, 0.3) is 5.91 Å². The summed E-state index contributed by atoms with van der Waals surface area (Å²) in [5, 5.41) is 0. The Labute approximate surface area is 129 Å². The molecule has 0 saturated carbocycles. The number of alkyl halides is 3. The molecule has 1 saturated heterocycles. The lowest BCUT2D eigenvalue weighted by molar-refractivity contribution is -0.138. The first-order chi connectivity index (χ1) is 9.71. The first-order valence-corrected chi connectivity index (χ1v) is 7.26. The van der Waals surface area contributed by atoms with Crippen LogP contribution >= 0.6 is 15.9 Å². The Bertz CT molecular complexity index is 548. The van der Waals surface area contributed by atoms with Gasteiger partial charge < -0.3 is 9.64 Å². The molecule has 1 amide bonds. The average Bonchev–Trinajstić information content (AvgIpc) is 2.82. The van der Waals surface area contributed by atoms with Crippen LogP contribution in [0.1, 0.15) is 29.3 Å². The van der Waals surface area contributed by atoms with Gasteiger partial charge in [-0.3, -0.25) is 4.79 Å². The molecule has 0 radical (unpaired) electrons. The topological polar surface area (TPSA) is 29.5 Å². The maximum Gasteiger partial charge on any atom is 0.417 e. The third kappa shape index (κ3) is 3.40. The highest BCUT2D eigenvalue weighted by atomic mass is 79.9.